The van der Waals surface area contributed by atoms with Gasteiger partial charge in [0.15, 0.2) is 11.5 Å². The smallest absolute Gasteiger partial charge is 0.316 e. The Balaban J connectivity index is 1.55. The summed E-state index contributed by atoms with van der Waals surface area (Å²) in [7, 11) is 1.48. The third-order valence-corrected chi connectivity index (χ3v) is 6.44. The van der Waals surface area contributed by atoms with E-state index < -0.39 is 11.7 Å². The number of pyridine rings is 1. The Morgan fingerprint density at radius 1 is 1.20 bits per heavy atom. The molecular formula is C25H28FN7O2. The molecule has 5 rings (SSSR count). The van der Waals surface area contributed by atoms with Crippen molar-refractivity contribution in [3.05, 3.63) is 53.4 Å². The van der Waals surface area contributed by atoms with E-state index in [2.05, 4.69) is 44.3 Å². The minimum atomic E-state index is -0.509. The van der Waals surface area contributed by atoms with Crippen LogP contribution in [0.3, 0.4) is 0 Å². The zero-order valence-corrected chi connectivity index (χ0v) is 20.4. The van der Waals surface area contributed by atoms with Gasteiger partial charge in [0.2, 0.25) is 0 Å². The molecule has 1 aromatic carbocycles. The lowest BCUT2D eigenvalue weighted by Crippen LogP contribution is -2.54. The highest BCUT2D eigenvalue weighted by molar-refractivity contribution is 6.13. The molecule has 0 unspecified atom stereocenters. The van der Waals surface area contributed by atoms with Crippen LogP contribution in [-0.4, -0.2) is 57.5 Å². The number of methoxy groups -OCH3 is 1. The molecule has 0 saturated carbocycles. The van der Waals surface area contributed by atoms with E-state index in [1.54, 1.807) is 22.9 Å². The van der Waals surface area contributed by atoms with Crippen molar-refractivity contribution in [2.24, 2.45) is 0 Å². The number of carbonyl (C=O) groups is 1. The minimum Gasteiger partial charge on any atom is -0.467 e. The SMILES string of the molecule is COc1ncc2c(N3C[C@@H](C)N[C@@H](C)C3)ccc(C(=O)Nc3cc(F)c4nc(C)c(C)n4c3)c2n1. The largest absolute Gasteiger partial charge is 0.467 e. The van der Waals surface area contributed by atoms with Gasteiger partial charge in [-0.05, 0) is 39.8 Å². The summed E-state index contributed by atoms with van der Waals surface area (Å²) in [5.74, 6) is -0.914. The Morgan fingerprint density at radius 3 is 2.66 bits per heavy atom. The van der Waals surface area contributed by atoms with Gasteiger partial charge < -0.3 is 20.3 Å². The molecule has 182 valence electrons. The van der Waals surface area contributed by atoms with Gasteiger partial charge in [0.25, 0.3) is 5.91 Å². The molecule has 4 aromatic rings. The van der Waals surface area contributed by atoms with Crippen LogP contribution in [0.4, 0.5) is 15.8 Å². The number of ether oxygens (including phenoxy) is 1. The number of benzene rings is 1. The van der Waals surface area contributed by atoms with Crippen molar-refractivity contribution in [1.82, 2.24) is 24.7 Å². The topological polar surface area (TPSA) is 96.7 Å². The second-order valence-corrected chi connectivity index (χ2v) is 9.13. The summed E-state index contributed by atoms with van der Waals surface area (Å²) in [5.41, 5.74) is 3.86. The van der Waals surface area contributed by atoms with Crippen LogP contribution in [-0.2, 0) is 0 Å². The normalized spacial score (nSPS) is 18.3. The van der Waals surface area contributed by atoms with Gasteiger partial charge in [-0.25, -0.2) is 14.4 Å². The second-order valence-electron chi connectivity index (χ2n) is 9.13. The number of aryl methyl sites for hydroxylation is 2. The molecule has 0 spiro atoms. The Kier molecular flexibility index (Phi) is 5.76. The van der Waals surface area contributed by atoms with Crippen LogP contribution in [0.1, 0.15) is 35.6 Å². The maximum Gasteiger partial charge on any atom is 0.316 e. The summed E-state index contributed by atoms with van der Waals surface area (Å²) in [6, 6.07) is 5.74. The lowest BCUT2D eigenvalue weighted by Gasteiger charge is -2.38. The van der Waals surface area contributed by atoms with E-state index in [-0.39, 0.29) is 11.7 Å². The summed E-state index contributed by atoms with van der Waals surface area (Å²) in [6.07, 6.45) is 3.36. The van der Waals surface area contributed by atoms with Crippen molar-refractivity contribution in [3.63, 3.8) is 0 Å². The van der Waals surface area contributed by atoms with E-state index in [1.807, 2.05) is 19.9 Å². The van der Waals surface area contributed by atoms with E-state index in [1.165, 1.54) is 13.2 Å². The van der Waals surface area contributed by atoms with Crippen LogP contribution in [0.25, 0.3) is 16.6 Å². The maximum absolute atomic E-state index is 14.7. The quantitative estimate of drug-likeness (QED) is 0.465. The summed E-state index contributed by atoms with van der Waals surface area (Å²) in [5, 5.41) is 7.10. The Bertz CT molecular complexity index is 1440. The van der Waals surface area contributed by atoms with Crippen LogP contribution >= 0.6 is 0 Å². The Labute approximate surface area is 202 Å². The van der Waals surface area contributed by atoms with Crippen LogP contribution < -0.4 is 20.3 Å². The van der Waals surface area contributed by atoms with Crippen LogP contribution in [0.15, 0.2) is 30.6 Å². The van der Waals surface area contributed by atoms with Gasteiger partial charge >= 0.3 is 6.01 Å². The lowest BCUT2D eigenvalue weighted by atomic mass is 10.0. The molecule has 2 atom stereocenters. The average molecular weight is 478 g/mol. The molecule has 3 aromatic heterocycles. The van der Waals surface area contributed by atoms with Gasteiger partial charge in [-0.1, -0.05) is 0 Å². The molecule has 1 aliphatic rings. The summed E-state index contributed by atoms with van der Waals surface area (Å²) in [4.78, 5) is 28.7. The number of nitrogens with one attached hydrogen (secondary N) is 2. The number of carbonyl (C=O) groups excluding carboxylic acids is 1. The number of nitrogens with zero attached hydrogens (tertiary/aromatic N) is 5. The zero-order valence-electron chi connectivity index (χ0n) is 20.4. The molecule has 1 aliphatic heterocycles. The Hall–Kier alpha value is -3.79. The molecule has 0 bridgehead atoms. The van der Waals surface area contributed by atoms with Gasteiger partial charge in [-0.15, -0.1) is 0 Å². The summed E-state index contributed by atoms with van der Waals surface area (Å²) < 4.78 is 21.6. The number of aromatic nitrogens is 4. The number of fused-ring (bicyclic) bond motifs is 2. The standard InChI is InChI=1S/C25H28FN7O2/c1-13-10-32(11-14(2)28-13)21-7-6-18(22-19(21)9-27-25(31-22)35-5)24(34)30-17-8-20(26)23-29-15(3)16(4)33(23)12-17/h6-9,12-14,28H,10-11H2,1-5H3,(H,30,34)/t13-,14+. The predicted molar refractivity (Wildman–Crippen MR) is 133 cm³/mol. The first-order chi connectivity index (χ1) is 16.7. The molecule has 35 heavy (non-hydrogen) atoms. The third-order valence-electron chi connectivity index (χ3n) is 6.44. The van der Waals surface area contributed by atoms with E-state index in [0.717, 1.165) is 35.6 Å². The number of hydrogen-bond donors (Lipinski definition) is 2. The number of piperazine rings is 1. The first kappa shape index (κ1) is 23.0. The van der Waals surface area contributed by atoms with Crippen molar-refractivity contribution >= 4 is 33.8 Å². The van der Waals surface area contributed by atoms with E-state index in [0.29, 0.717) is 28.9 Å². The monoisotopic (exact) mass is 477 g/mol. The molecule has 1 amide bonds. The lowest BCUT2D eigenvalue weighted by molar-refractivity contribution is 0.102. The highest BCUT2D eigenvalue weighted by Crippen LogP contribution is 2.31. The second kappa shape index (κ2) is 8.77. The number of halogens is 1. The number of imidazole rings is 1. The molecule has 4 heterocycles. The van der Waals surface area contributed by atoms with E-state index in [4.69, 9.17) is 4.74 Å². The maximum atomic E-state index is 14.7. The van der Waals surface area contributed by atoms with Gasteiger partial charge in [-0.3, -0.25) is 9.20 Å². The van der Waals surface area contributed by atoms with Crippen molar-refractivity contribution < 1.29 is 13.9 Å². The average Bonchev–Trinajstić information content (AvgIpc) is 3.11. The molecule has 0 aliphatic carbocycles. The summed E-state index contributed by atoms with van der Waals surface area (Å²) in [6.45, 7) is 9.60. The van der Waals surface area contributed by atoms with E-state index in [9.17, 15) is 9.18 Å². The van der Waals surface area contributed by atoms with Crippen molar-refractivity contribution in [2.45, 2.75) is 39.8 Å². The van der Waals surface area contributed by atoms with Crippen molar-refractivity contribution in [1.29, 1.82) is 0 Å². The fourth-order valence-corrected chi connectivity index (χ4v) is 4.77. The van der Waals surface area contributed by atoms with Crippen LogP contribution in [0, 0.1) is 19.7 Å². The molecule has 9 nitrogen and oxygen atoms in total. The van der Waals surface area contributed by atoms with Crippen molar-refractivity contribution in [3.8, 4) is 6.01 Å². The number of hydrogen-bond acceptors (Lipinski definition) is 7. The highest BCUT2D eigenvalue weighted by atomic mass is 19.1. The zero-order chi connectivity index (χ0) is 24.9. The number of amides is 1. The van der Waals surface area contributed by atoms with Gasteiger partial charge in [0, 0.05) is 60.4 Å². The van der Waals surface area contributed by atoms with Crippen LogP contribution in [0.2, 0.25) is 0 Å². The molecular weight excluding hydrogens is 449 g/mol. The van der Waals surface area contributed by atoms with Crippen molar-refractivity contribution in [2.75, 3.05) is 30.4 Å². The summed E-state index contributed by atoms with van der Waals surface area (Å²) >= 11 is 0. The molecule has 10 heteroatoms. The van der Waals surface area contributed by atoms with Gasteiger partial charge in [0.1, 0.15) is 0 Å². The fraction of sp³-hybridized carbons (Fsp3) is 0.360. The molecule has 2 N–H and O–H groups in total. The molecule has 0 radical (unpaired) electrons. The highest BCUT2D eigenvalue weighted by Gasteiger charge is 2.25. The predicted octanol–water partition coefficient (Wildman–Crippen LogP) is 3.48. The van der Waals surface area contributed by atoms with Gasteiger partial charge in [-0.2, -0.15) is 4.98 Å². The Morgan fingerprint density at radius 2 is 1.94 bits per heavy atom. The van der Waals surface area contributed by atoms with Crippen LogP contribution in [0.5, 0.6) is 6.01 Å². The minimum absolute atomic E-state index is 0.169. The number of anilines is 2. The fourth-order valence-electron chi connectivity index (χ4n) is 4.77. The molecule has 1 saturated heterocycles. The first-order valence-electron chi connectivity index (χ1n) is 11.6. The first-order valence-corrected chi connectivity index (χ1v) is 11.6. The van der Waals surface area contributed by atoms with Gasteiger partial charge in [0.05, 0.1) is 29.6 Å². The van der Waals surface area contributed by atoms with E-state index >= 15 is 0 Å². The number of rotatable bonds is 4. The molecule has 1 fully saturated rings. The third kappa shape index (κ3) is 4.14.